The first kappa shape index (κ1) is 37.9. The van der Waals surface area contributed by atoms with Crippen molar-refractivity contribution >= 4 is 62.3 Å². The van der Waals surface area contributed by atoms with Crippen LogP contribution in [0, 0.1) is 5.92 Å². The number of hydrogen-bond donors (Lipinski definition) is 1. The molecule has 0 bridgehead atoms. The lowest BCUT2D eigenvalue weighted by Crippen LogP contribution is -2.53. The van der Waals surface area contributed by atoms with Crippen LogP contribution in [-0.4, -0.2) is 58.5 Å². The van der Waals surface area contributed by atoms with Crippen molar-refractivity contribution in [2.24, 2.45) is 5.92 Å². The number of rotatable bonds is 15. The van der Waals surface area contributed by atoms with Gasteiger partial charge in [-0.2, -0.15) is 0 Å². The molecular weight excluding hydrogens is 709 g/mol. The quantitative estimate of drug-likeness (QED) is 0.137. The molecule has 0 heterocycles. The maximum absolute atomic E-state index is 14.7. The standard InChI is InChI=1S/C36H38Cl3N3O6S/c1-24(2)21-40-36(44)32(18-25-8-6-5-7-9-25)41(22-26-10-11-28(38)19-31(26)39)35(43)23-42(29-14-12-27(37)13-15-29)49(45,46)30-16-17-33(47-3)34(20-30)48-4/h5-17,19-20,24,32H,18,21-23H2,1-4H3,(H,40,44). The fourth-order valence-corrected chi connectivity index (χ4v) is 7.07. The third-order valence-electron chi connectivity index (χ3n) is 7.65. The van der Waals surface area contributed by atoms with E-state index < -0.39 is 34.4 Å². The van der Waals surface area contributed by atoms with E-state index in [0.29, 0.717) is 32.9 Å². The number of anilines is 1. The van der Waals surface area contributed by atoms with Crippen LogP contribution in [-0.2, 0) is 32.6 Å². The van der Waals surface area contributed by atoms with Crippen LogP contribution in [0.5, 0.6) is 11.5 Å². The highest BCUT2D eigenvalue weighted by Crippen LogP contribution is 2.33. The first-order valence-electron chi connectivity index (χ1n) is 15.4. The minimum Gasteiger partial charge on any atom is -0.493 e. The number of halogens is 3. The summed E-state index contributed by atoms with van der Waals surface area (Å²) in [5.74, 6) is -0.377. The number of hydrogen-bond acceptors (Lipinski definition) is 6. The molecule has 0 aliphatic carbocycles. The van der Waals surface area contributed by atoms with Crippen LogP contribution >= 0.6 is 34.8 Å². The molecular formula is C36H38Cl3N3O6S. The number of nitrogens with zero attached hydrogens (tertiary/aromatic N) is 2. The Balaban J connectivity index is 1.84. The molecule has 0 aliphatic rings. The summed E-state index contributed by atoms with van der Waals surface area (Å²) in [6.45, 7) is 3.54. The van der Waals surface area contributed by atoms with Gasteiger partial charge in [0.15, 0.2) is 11.5 Å². The van der Waals surface area contributed by atoms with Crippen LogP contribution < -0.4 is 19.1 Å². The van der Waals surface area contributed by atoms with Gasteiger partial charge >= 0.3 is 0 Å². The molecule has 0 radical (unpaired) electrons. The van der Waals surface area contributed by atoms with E-state index in [4.69, 9.17) is 44.3 Å². The predicted molar refractivity (Wildman–Crippen MR) is 194 cm³/mol. The molecule has 1 atom stereocenters. The van der Waals surface area contributed by atoms with Gasteiger partial charge in [-0.1, -0.05) is 85.0 Å². The van der Waals surface area contributed by atoms with E-state index in [9.17, 15) is 18.0 Å². The Morgan fingerprint density at radius 2 is 1.47 bits per heavy atom. The molecule has 9 nitrogen and oxygen atoms in total. The van der Waals surface area contributed by atoms with Crippen molar-refractivity contribution in [2.45, 2.75) is 37.8 Å². The minimum absolute atomic E-state index is 0.105. The number of nitrogens with one attached hydrogen (secondary N) is 1. The van der Waals surface area contributed by atoms with Gasteiger partial charge < -0.3 is 19.7 Å². The highest BCUT2D eigenvalue weighted by atomic mass is 35.5. The Kier molecular flexibility index (Phi) is 13.2. The zero-order valence-corrected chi connectivity index (χ0v) is 30.6. The normalized spacial score (nSPS) is 11.9. The SMILES string of the molecule is COc1ccc(S(=O)(=O)N(CC(=O)N(Cc2ccc(Cl)cc2Cl)C(Cc2ccccc2)C(=O)NCC(C)C)c2ccc(Cl)cc2)cc1OC. The number of carbonyl (C=O) groups excluding carboxylic acids is 2. The van der Waals surface area contributed by atoms with E-state index in [0.717, 1.165) is 9.87 Å². The van der Waals surface area contributed by atoms with E-state index >= 15 is 0 Å². The maximum Gasteiger partial charge on any atom is 0.264 e. The Labute approximate surface area is 302 Å². The number of methoxy groups -OCH3 is 2. The Bertz CT molecular complexity index is 1860. The van der Waals surface area contributed by atoms with Crippen LogP contribution in [0.3, 0.4) is 0 Å². The molecule has 0 aromatic heterocycles. The van der Waals surface area contributed by atoms with Crippen LogP contribution in [0.15, 0.2) is 95.9 Å². The fourth-order valence-electron chi connectivity index (χ4n) is 5.05. The molecule has 1 N–H and O–H groups in total. The van der Waals surface area contributed by atoms with E-state index in [2.05, 4.69) is 5.32 Å². The van der Waals surface area contributed by atoms with Crippen LogP contribution in [0.4, 0.5) is 5.69 Å². The number of benzene rings is 4. The first-order valence-corrected chi connectivity index (χ1v) is 18.0. The highest BCUT2D eigenvalue weighted by molar-refractivity contribution is 7.92. The lowest BCUT2D eigenvalue weighted by Gasteiger charge is -2.34. The Morgan fingerprint density at radius 3 is 2.08 bits per heavy atom. The molecule has 2 amide bonds. The molecule has 13 heteroatoms. The number of sulfonamides is 1. The summed E-state index contributed by atoms with van der Waals surface area (Å²) in [6.07, 6.45) is 0.158. The summed E-state index contributed by atoms with van der Waals surface area (Å²) in [6, 6.07) is 23.3. The van der Waals surface area contributed by atoms with Crippen LogP contribution in [0.25, 0.3) is 0 Å². The van der Waals surface area contributed by atoms with Crippen molar-refractivity contribution in [3.05, 3.63) is 117 Å². The average Bonchev–Trinajstić information content (AvgIpc) is 3.08. The molecule has 4 aromatic rings. The third-order valence-corrected chi connectivity index (χ3v) is 10.3. The zero-order valence-electron chi connectivity index (χ0n) is 27.5. The second kappa shape index (κ2) is 17.1. The van der Waals surface area contributed by atoms with E-state index in [1.165, 1.54) is 61.6 Å². The van der Waals surface area contributed by atoms with Gasteiger partial charge in [0, 0.05) is 40.6 Å². The van der Waals surface area contributed by atoms with Crippen molar-refractivity contribution in [1.82, 2.24) is 10.2 Å². The monoisotopic (exact) mass is 745 g/mol. The van der Waals surface area contributed by atoms with E-state index in [1.807, 2.05) is 44.2 Å². The molecule has 4 aromatic carbocycles. The maximum atomic E-state index is 14.7. The van der Waals surface area contributed by atoms with Crippen molar-refractivity contribution < 1.29 is 27.5 Å². The van der Waals surface area contributed by atoms with Crippen molar-refractivity contribution in [2.75, 3.05) is 31.6 Å². The van der Waals surface area contributed by atoms with Gasteiger partial charge in [0.1, 0.15) is 12.6 Å². The van der Waals surface area contributed by atoms with Crippen molar-refractivity contribution in [3.8, 4) is 11.5 Å². The van der Waals surface area contributed by atoms with Crippen molar-refractivity contribution in [3.63, 3.8) is 0 Å². The van der Waals surface area contributed by atoms with E-state index in [-0.39, 0.29) is 35.2 Å². The topological polar surface area (TPSA) is 105 Å². The van der Waals surface area contributed by atoms with Gasteiger partial charge in [-0.25, -0.2) is 8.42 Å². The number of carbonyl (C=O) groups is 2. The van der Waals surface area contributed by atoms with Gasteiger partial charge in [0.2, 0.25) is 11.8 Å². The Hall–Kier alpha value is -3.96. The summed E-state index contributed by atoms with van der Waals surface area (Å²) >= 11 is 18.9. The van der Waals surface area contributed by atoms with Gasteiger partial charge in [-0.15, -0.1) is 0 Å². The molecule has 260 valence electrons. The molecule has 4 rings (SSSR count). The summed E-state index contributed by atoms with van der Waals surface area (Å²) < 4.78 is 40.4. The Morgan fingerprint density at radius 1 is 0.816 bits per heavy atom. The fraction of sp³-hybridized carbons (Fsp3) is 0.278. The summed E-state index contributed by atoms with van der Waals surface area (Å²) in [5.41, 5.74) is 1.51. The van der Waals surface area contributed by atoms with Crippen molar-refractivity contribution in [1.29, 1.82) is 0 Å². The second-order valence-corrected chi connectivity index (χ2v) is 14.7. The van der Waals surface area contributed by atoms with Crippen LogP contribution in [0.1, 0.15) is 25.0 Å². The number of amides is 2. The molecule has 0 saturated carbocycles. The third kappa shape index (κ3) is 9.82. The lowest BCUT2D eigenvalue weighted by atomic mass is 10.0. The van der Waals surface area contributed by atoms with E-state index in [1.54, 1.807) is 18.2 Å². The molecule has 1 unspecified atom stereocenters. The highest BCUT2D eigenvalue weighted by Gasteiger charge is 2.35. The van der Waals surface area contributed by atoms with Gasteiger partial charge in [-0.3, -0.25) is 13.9 Å². The molecule has 49 heavy (non-hydrogen) atoms. The zero-order chi connectivity index (χ0) is 35.7. The molecule has 0 spiro atoms. The molecule has 0 aliphatic heterocycles. The second-order valence-electron chi connectivity index (χ2n) is 11.6. The first-order chi connectivity index (χ1) is 23.3. The number of ether oxygens (including phenoxy) is 2. The largest absolute Gasteiger partial charge is 0.493 e. The smallest absolute Gasteiger partial charge is 0.264 e. The van der Waals surface area contributed by atoms with Gasteiger partial charge in [0.05, 0.1) is 24.8 Å². The minimum atomic E-state index is -4.40. The molecule has 0 fully saturated rings. The lowest BCUT2D eigenvalue weighted by molar-refractivity contribution is -0.140. The van der Waals surface area contributed by atoms with Crippen LogP contribution in [0.2, 0.25) is 15.1 Å². The summed E-state index contributed by atoms with van der Waals surface area (Å²) in [5, 5.41) is 4.03. The predicted octanol–water partition coefficient (Wildman–Crippen LogP) is 7.27. The summed E-state index contributed by atoms with van der Waals surface area (Å²) in [7, 11) is -1.57. The van der Waals surface area contributed by atoms with Gasteiger partial charge in [-0.05, 0) is 65.6 Å². The van der Waals surface area contributed by atoms with Gasteiger partial charge in [0.25, 0.3) is 10.0 Å². The molecule has 0 saturated heterocycles. The average molecular weight is 747 g/mol. The summed E-state index contributed by atoms with van der Waals surface area (Å²) in [4.78, 5) is 29.8.